The largest absolute Gasteiger partial charge is 0.313 e. The molecule has 11 aromatic carbocycles. The van der Waals surface area contributed by atoms with Gasteiger partial charge in [0.2, 0.25) is 0 Å². The molecule has 0 amide bonds. The molecule has 1 aliphatic carbocycles. The van der Waals surface area contributed by atoms with Crippen LogP contribution in [0.3, 0.4) is 0 Å². The minimum absolute atomic E-state index is 0.633. The van der Waals surface area contributed by atoms with Gasteiger partial charge in [0.1, 0.15) is 0 Å². The molecule has 12 rings (SSSR count). The molecule has 0 fully saturated rings. The second-order valence-electron chi connectivity index (χ2n) is 18.8. The van der Waals surface area contributed by atoms with Gasteiger partial charge in [0.05, 0.1) is 11.1 Å². The number of anilines is 2. The number of nitrogens with zero attached hydrogens (tertiary/aromatic N) is 1. The summed E-state index contributed by atoms with van der Waals surface area (Å²) in [7, 11) is 0. The Kier molecular flexibility index (Phi) is 12.0. The lowest BCUT2D eigenvalue weighted by atomic mass is 9.67. The molecule has 0 spiro atoms. The van der Waals surface area contributed by atoms with Crippen LogP contribution in [0.25, 0.3) is 72.0 Å². The van der Waals surface area contributed by atoms with Gasteiger partial charge in [0.15, 0.2) is 0 Å². The quantitative estimate of drug-likeness (QED) is 0.125. The van der Waals surface area contributed by atoms with E-state index in [9.17, 15) is 0 Å². The minimum Gasteiger partial charge on any atom is -0.313 e. The highest BCUT2D eigenvalue weighted by Crippen LogP contribution is 2.59. The molecular weight excluding hydrogens is 879 g/mol. The predicted octanol–water partition coefficient (Wildman–Crippen LogP) is 19.2. The van der Waals surface area contributed by atoms with Crippen LogP contribution in [-0.4, -0.2) is 0 Å². The molecule has 0 saturated heterocycles. The van der Waals surface area contributed by atoms with Gasteiger partial charge in [0.25, 0.3) is 0 Å². The van der Waals surface area contributed by atoms with Crippen LogP contribution in [0.15, 0.2) is 309 Å². The van der Waals surface area contributed by atoms with Gasteiger partial charge < -0.3 is 4.90 Å². The van der Waals surface area contributed by atoms with Crippen molar-refractivity contribution in [1.29, 1.82) is 0 Å². The molecule has 346 valence electrons. The molecule has 0 heterocycles. The molecule has 1 aliphatic rings. The van der Waals surface area contributed by atoms with Gasteiger partial charge in [-0.05, 0) is 114 Å². The first kappa shape index (κ1) is 44.9. The lowest BCUT2D eigenvalue weighted by Crippen LogP contribution is -2.29. The van der Waals surface area contributed by atoms with Crippen molar-refractivity contribution in [3.8, 4) is 55.6 Å². The Balaban J connectivity index is 1.11. The highest BCUT2D eigenvalue weighted by atomic mass is 15.2. The Bertz CT molecular complexity index is 3780. The first-order valence-electron chi connectivity index (χ1n) is 25.2. The van der Waals surface area contributed by atoms with Crippen LogP contribution >= 0.6 is 0 Å². The minimum atomic E-state index is -0.633. The molecule has 0 radical (unpaired) electrons. The Labute approximate surface area is 429 Å². The molecule has 73 heavy (non-hydrogen) atoms. The summed E-state index contributed by atoms with van der Waals surface area (Å²) in [4.78, 5) is 2.52. The van der Waals surface area contributed by atoms with Gasteiger partial charge in [-0.3, -0.25) is 0 Å². The molecule has 0 saturated carbocycles. The summed E-state index contributed by atoms with van der Waals surface area (Å²) >= 11 is 0. The summed E-state index contributed by atoms with van der Waals surface area (Å²) in [6, 6.07) is 102. The van der Waals surface area contributed by atoms with E-state index in [0.29, 0.717) is 0 Å². The maximum atomic E-state index is 4.39. The highest BCUT2D eigenvalue weighted by molar-refractivity contribution is 6.03. The molecule has 0 aliphatic heterocycles. The summed E-state index contributed by atoms with van der Waals surface area (Å²) in [5.74, 6) is 0. The van der Waals surface area contributed by atoms with Crippen LogP contribution in [-0.2, 0) is 5.41 Å². The van der Waals surface area contributed by atoms with E-state index in [1.54, 1.807) is 0 Å². The van der Waals surface area contributed by atoms with Crippen molar-refractivity contribution < 1.29 is 0 Å². The standard InChI is InChI=1S/C72H53N/c1-3-24-68-70(66-38-20-21-41-67(66)72(68,58-31-12-6-13-32-58)59-33-14-7-15-34-59)51(2)73(60-49-47-53(48-50-60)52-43-45-57(46-44-52)62-39-22-30-55-29-16-17-35-61(55)62)69-42-23-40-64(56-27-10-5-11-28-56)71(69)65-37-19-18-36-63(65)54-25-8-4-9-26-54/h3-50H,1H2,2H3/b68-24?,70-51+. The van der Waals surface area contributed by atoms with Crippen LogP contribution in [0.1, 0.15) is 29.2 Å². The van der Waals surface area contributed by atoms with E-state index in [1.807, 2.05) is 6.08 Å². The molecule has 11 aromatic rings. The van der Waals surface area contributed by atoms with E-state index in [4.69, 9.17) is 0 Å². The summed E-state index contributed by atoms with van der Waals surface area (Å²) in [5.41, 5.74) is 21.5. The molecule has 0 atom stereocenters. The fourth-order valence-corrected chi connectivity index (χ4v) is 11.6. The third kappa shape index (κ3) is 7.93. The van der Waals surface area contributed by atoms with Crippen LogP contribution in [0.5, 0.6) is 0 Å². The van der Waals surface area contributed by atoms with Gasteiger partial charge >= 0.3 is 0 Å². The van der Waals surface area contributed by atoms with E-state index in [-0.39, 0.29) is 0 Å². The van der Waals surface area contributed by atoms with Gasteiger partial charge in [-0.25, -0.2) is 0 Å². The second kappa shape index (κ2) is 19.5. The van der Waals surface area contributed by atoms with Crippen molar-refractivity contribution in [1.82, 2.24) is 0 Å². The van der Waals surface area contributed by atoms with Crippen LogP contribution in [0.2, 0.25) is 0 Å². The van der Waals surface area contributed by atoms with Crippen molar-refractivity contribution in [3.05, 3.63) is 331 Å². The number of hydrogen-bond acceptors (Lipinski definition) is 1. The number of benzene rings is 11. The second-order valence-corrected chi connectivity index (χ2v) is 18.8. The number of allylic oxidation sites excluding steroid dienone is 5. The molecule has 0 bridgehead atoms. The van der Waals surface area contributed by atoms with Gasteiger partial charge in [-0.15, -0.1) is 0 Å². The van der Waals surface area contributed by atoms with E-state index >= 15 is 0 Å². The van der Waals surface area contributed by atoms with Crippen molar-refractivity contribution >= 4 is 27.7 Å². The van der Waals surface area contributed by atoms with Crippen LogP contribution in [0.4, 0.5) is 11.4 Å². The fraction of sp³-hybridized carbons (Fsp3) is 0.0278. The first-order chi connectivity index (χ1) is 36.1. The first-order valence-corrected chi connectivity index (χ1v) is 25.2. The van der Waals surface area contributed by atoms with Gasteiger partial charge in [-0.2, -0.15) is 0 Å². The third-order valence-corrected chi connectivity index (χ3v) is 14.8. The van der Waals surface area contributed by atoms with E-state index in [1.165, 1.54) is 66.4 Å². The maximum Gasteiger partial charge on any atom is 0.0714 e. The average Bonchev–Trinajstić information content (AvgIpc) is 3.77. The van der Waals surface area contributed by atoms with E-state index in [0.717, 1.165) is 50.5 Å². The highest BCUT2D eigenvalue weighted by Gasteiger charge is 2.49. The number of fused-ring (bicyclic) bond motifs is 2. The Hall–Kier alpha value is -9.30. The molecule has 0 N–H and O–H groups in total. The average molecular weight is 932 g/mol. The van der Waals surface area contributed by atoms with Gasteiger partial charge in [0, 0.05) is 22.5 Å². The van der Waals surface area contributed by atoms with Crippen molar-refractivity contribution in [2.75, 3.05) is 4.90 Å². The molecule has 0 aromatic heterocycles. The van der Waals surface area contributed by atoms with Crippen molar-refractivity contribution in [2.45, 2.75) is 12.3 Å². The normalized spacial score (nSPS) is 13.9. The fourth-order valence-electron chi connectivity index (χ4n) is 11.6. The SMILES string of the molecule is C=CC=C1/C(=C(\C)N(c2ccc(-c3ccc(-c4cccc5ccccc45)cc3)cc2)c2cccc(-c3ccccc3)c2-c2ccccc2-c2ccccc2)c2ccccc2C1(c1ccccc1)c1ccccc1. The maximum absolute atomic E-state index is 4.39. The number of hydrogen-bond donors (Lipinski definition) is 0. The zero-order valence-electron chi connectivity index (χ0n) is 40.9. The Morgan fingerprint density at radius 3 is 1.48 bits per heavy atom. The van der Waals surface area contributed by atoms with Crippen molar-refractivity contribution in [3.63, 3.8) is 0 Å². The van der Waals surface area contributed by atoms with Crippen LogP contribution < -0.4 is 4.90 Å². The smallest absolute Gasteiger partial charge is 0.0714 e. The molecule has 0 unspecified atom stereocenters. The zero-order valence-corrected chi connectivity index (χ0v) is 40.9. The lowest BCUT2D eigenvalue weighted by molar-refractivity contribution is 0.768. The Morgan fingerprint density at radius 2 is 0.836 bits per heavy atom. The number of rotatable bonds is 11. The third-order valence-electron chi connectivity index (χ3n) is 14.8. The Morgan fingerprint density at radius 1 is 0.384 bits per heavy atom. The lowest BCUT2D eigenvalue weighted by Gasteiger charge is -2.35. The molecule has 1 nitrogen and oxygen atoms in total. The zero-order chi connectivity index (χ0) is 49.1. The summed E-state index contributed by atoms with van der Waals surface area (Å²) in [6.45, 7) is 6.71. The van der Waals surface area contributed by atoms with Crippen LogP contribution in [0, 0.1) is 0 Å². The molecular formula is C72H53N. The molecule has 1 heteroatoms. The van der Waals surface area contributed by atoms with Gasteiger partial charge in [-0.1, -0.05) is 280 Å². The monoisotopic (exact) mass is 931 g/mol. The summed E-state index contributed by atoms with van der Waals surface area (Å²) in [5, 5.41) is 2.50. The van der Waals surface area contributed by atoms with Crippen molar-refractivity contribution in [2.24, 2.45) is 0 Å². The topological polar surface area (TPSA) is 3.24 Å². The summed E-state index contributed by atoms with van der Waals surface area (Å²) < 4.78 is 0. The summed E-state index contributed by atoms with van der Waals surface area (Å²) in [6.07, 6.45) is 4.23. The predicted molar refractivity (Wildman–Crippen MR) is 310 cm³/mol. The van der Waals surface area contributed by atoms with E-state index < -0.39 is 5.41 Å². The van der Waals surface area contributed by atoms with E-state index in [2.05, 4.69) is 304 Å².